The summed E-state index contributed by atoms with van der Waals surface area (Å²) in [5.41, 5.74) is 1.34. The van der Waals surface area contributed by atoms with Crippen molar-refractivity contribution in [3.63, 3.8) is 0 Å². The van der Waals surface area contributed by atoms with E-state index in [1.165, 1.54) is 18.4 Å². The lowest BCUT2D eigenvalue weighted by Gasteiger charge is -2.02. The Morgan fingerprint density at radius 1 is 1.50 bits per heavy atom. The summed E-state index contributed by atoms with van der Waals surface area (Å²) >= 11 is 1.70. The van der Waals surface area contributed by atoms with Crippen LogP contribution in [0.15, 0.2) is 23.4 Å². The van der Waals surface area contributed by atoms with Crippen LogP contribution < -0.4 is 0 Å². The maximum Gasteiger partial charge on any atom is 0.303 e. The lowest BCUT2D eigenvalue weighted by molar-refractivity contribution is -0.137. The molecule has 1 aliphatic rings. The van der Waals surface area contributed by atoms with Crippen LogP contribution in [0.1, 0.15) is 37.2 Å². The Hall–Kier alpha value is -1.03. The summed E-state index contributed by atoms with van der Waals surface area (Å²) in [6.45, 7) is 0. The lowest BCUT2D eigenvalue weighted by Crippen LogP contribution is -1.94. The van der Waals surface area contributed by atoms with Crippen LogP contribution >= 0.6 is 11.8 Å². The van der Waals surface area contributed by atoms with Crippen molar-refractivity contribution in [1.29, 1.82) is 0 Å². The Kier molecular flexibility index (Phi) is 3.83. The minimum atomic E-state index is -0.717. The molecule has 86 valence electrons. The molecule has 1 aromatic heterocycles. The molecule has 0 radical (unpaired) electrons. The van der Waals surface area contributed by atoms with E-state index in [4.69, 9.17) is 5.11 Å². The number of pyridine rings is 1. The molecule has 1 heterocycles. The maximum absolute atomic E-state index is 10.3. The molecule has 2 rings (SSSR count). The molecule has 3 nitrogen and oxygen atoms in total. The minimum absolute atomic E-state index is 0.253. The number of carbonyl (C=O) groups is 1. The van der Waals surface area contributed by atoms with Gasteiger partial charge in [-0.3, -0.25) is 9.78 Å². The fraction of sp³-hybridized carbons (Fsp3) is 0.500. The molecule has 0 atom stereocenters. The number of thioether (sulfide) groups is 1. The van der Waals surface area contributed by atoms with Crippen molar-refractivity contribution in [2.24, 2.45) is 0 Å². The van der Waals surface area contributed by atoms with Gasteiger partial charge in [0.15, 0.2) is 0 Å². The van der Waals surface area contributed by atoms with Gasteiger partial charge in [-0.05, 0) is 42.6 Å². The zero-order valence-corrected chi connectivity index (χ0v) is 9.87. The average Bonchev–Trinajstić information content (AvgIpc) is 3.08. The molecule has 4 heteroatoms. The van der Waals surface area contributed by atoms with Gasteiger partial charge in [0.05, 0.1) is 0 Å². The number of rotatable bonds is 6. The van der Waals surface area contributed by atoms with Gasteiger partial charge >= 0.3 is 5.97 Å². The Morgan fingerprint density at radius 3 is 3.00 bits per heavy atom. The third-order valence-corrected chi connectivity index (χ3v) is 3.64. The number of nitrogens with zero attached hydrogens (tertiary/aromatic N) is 1. The molecule has 0 spiro atoms. The molecule has 0 bridgehead atoms. The fourth-order valence-corrected chi connectivity index (χ4v) is 2.45. The Bertz CT molecular complexity index is 377. The van der Waals surface area contributed by atoms with Crippen molar-refractivity contribution in [1.82, 2.24) is 4.98 Å². The third kappa shape index (κ3) is 3.52. The minimum Gasteiger partial charge on any atom is -0.481 e. The summed E-state index contributed by atoms with van der Waals surface area (Å²) in [6, 6.07) is 2.19. The Labute approximate surface area is 99.3 Å². The molecule has 1 aromatic rings. The van der Waals surface area contributed by atoms with Crippen LogP contribution in [0.4, 0.5) is 0 Å². The standard InChI is InChI=1S/C12H15NO2S/c14-12(15)2-1-5-16-11-6-10(7-13-8-11)9-3-4-9/h6-9H,1-5H2,(H,14,15). The first kappa shape index (κ1) is 11.5. The second kappa shape index (κ2) is 5.34. The number of hydrogen-bond donors (Lipinski definition) is 1. The van der Waals surface area contributed by atoms with Crippen LogP contribution in [0.2, 0.25) is 0 Å². The molecule has 0 saturated heterocycles. The summed E-state index contributed by atoms with van der Waals surface area (Å²) in [7, 11) is 0. The number of carboxylic acids is 1. The highest BCUT2D eigenvalue weighted by Crippen LogP contribution is 2.40. The van der Waals surface area contributed by atoms with Crippen molar-refractivity contribution in [3.8, 4) is 0 Å². The van der Waals surface area contributed by atoms with Crippen LogP contribution in [0, 0.1) is 0 Å². The van der Waals surface area contributed by atoms with E-state index >= 15 is 0 Å². The van der Waals surface area contributed by atoms with Gasteiger partial charge in [-0.15, -0.1) is 11.8 Å². The summed E-state index contributed by atoms with van der Waals surface area (Å²) < 4.78 is 0. The number of aromatic nitrogens is 1. The van der Waals surface area contributed by atoms with Gasteiger partial charge in [-0.25, -0.2) is 0 Å². The van der Waals surface area contributed by atoms with E-state index in [0.717, 1.165) is 16.6 Å². The molecule has 1 N–H and O–H groups in total. The Morgan fingerprint density at radius 2 is 2.31 bits per heavy atom. The van der Waals surface area contributed by atoms with Gasteiger partial charge in [0.25, 0.3) is 0 Å². The van der Waals surface area contributed by atoms with E-state index in [0.29, 0.717) is 6.42 Å². The SMILES string of the molecule is O=C(O)CCCSc1cncc(C2CC2)c1. The van der Waals surface area contributed by atoms with Gasteiger partial charge in [-0.2, -0.15) is 0 Å². The highest BCUT2D eigenvalue weighted by atomic mass is 32.2. The van der Waals surface area contributed by atoms with Crippen molar-refractivity contribution in [2.75, 3.05) is 5.75 Å². The summed E-state index contributed by atoms with van der Waals surface area (Å²) in [4.78, 5) is 15.7. The second-order valence-electron chi connectivity index (χ2n) is 4.07. The molecule has 1 aliphatic carbocycles. The molecule has 1 saturated carbocycles. The predicted octanol–water partition coefficient (Wildman–Crippen LogP) is 2.92. The summed E-state index contributed by atoms with van der Waals surface area (Å²) in [6.07, 6.45) is 7.34. The molecular weight excluding hydrogens is 222 g/mol. The summed E-state index contributed by atoms with van der Waals surface area (Å²) in [5.74, 6) is 0.861. The zero-order valence-electron chi connectivity index (χ0n) is 9.06. The van der Waals surface area contributed by atoms with E-state index in [1.807, 2.05) is 12.4 Å². The van der Waals surface area contributed by atoms with Crippen LogP contribution in [-0.2, 0) is 4.79 Å². The fourth-order valence-electron chi connectivity index (χ4n) is 1.57. The first-order chi connectivity index (χ1) is 7.75. The molecule has 0 amide bonds. The van der Waals surface area contributed by atoms with Gasteiger partial charge in [0.2, 0.25) is 0 Å². The van der Waals surface area contributed by atoms with Gasteiger partial charge < -0.3 is 5.11 Å². The van der Waals surface area contributed by atoms with Crippen molar-refractivity contribution < 1.29 is 9.90 Å². The molecule has 16 heavy (non-hydrogen) atoms. The number of aliphatic carboxylic acids is 1. The van der Waals surface area contributed by atoms with Crippen LogP contribution in [0.3, 0.4) is 0 Å². The quantitative estimate of drug-likeness (QED) is 0.610. The number of hydrogen-bond acceptors (Lipinski definition) is 3. The van der Waals surface area contributed by atoms with Crippen molar-refractivity contribution in [2.45, 2.75) is 36.5 Å². The van der Waals surface area contributed by atoms with Crippen molar-refractivity contribution in [3.05, 3.63) is 24.0 Å². The van der Waals surface area contributed by atoms with Gasteiger partial charge in [-0.1, -0.05) is 0 Å². The second-order valence-corrected chi connectivity index (χ2v) is 5.24. The highest BCUT2D eigenvalue weighted by Gasteiger charge is 2.23. The molecule has 0 aromatic carbocycles. The molecule has 0 unspecified atom stereocenters. The molecule has 0 aliphatic heterocycles. The lowest BCUT2D eigenvalue weighted by atomic mass is 10.2. The van der Waals surface area contributed by atoms with E-state index in [2.05, 4.69) is 11.1 Å². The van der Waals surface area contributed by atoms with Gasteiger partial charge in [0.1, 0.15) is 0 Å². The van der Waals surface area contributed by atoms with E-state index in [9.17, 15) is 4.79 Å². The monoisotopic (exact) mass is 237 g/mol. The van der Waals surface area contributed by atoms with Crippen LogP contribution in [0.5, 0.6) is 0 Å². The van der Waals surface area contributed by atoms with Crippen molar-refractivity contribution >= 4 is 17.7 Å². The van der Waals surface area contributed by atoms with E-state index in [1.54, 1.807) is 11.8 Å². The first-order valence-corrected chi connectivity index (χ1v) is 6.54. The molecule has 1 fully saturated rings. The van der Waals surface area contributed by atoms with E-state index < -0.39 is 5.97 Å². The van der Waals surface area contributed by atoms with Crippen LogP contribution in [-0.4, -0.2) is 21.8 Å². The number of carboxylic acid groups (broad SMARTS) is 1. The zero-order chi connectivity index (χ0) is 11.4. The molecular formula is C12H15NO2S. The predicted molar refractivity (Wildman–Crippen MR) is 63.8 cm³/mol. The largest absolute Gasteiger partial charge is 0.481 e. The average molecular weight is 237 g/mol. The highest BCUT2D eigenvalue weighted by molar-refractivity contribution is 7.99. The smallest absolute Gasteiger partial charge is 0.303 e. The maximum atomic E-state index is 10.3. The summed E-state index contributed by atoms with van der Waals surface area (Å²) in [5, 5.41) is 8.51. The van der Waals surface area contributed by atoms with Crippen LogP contribution in [0.25, 0.3) is 0 Å². The van der Waals surface area contributed by atoms with E-state index in [-0.39, 0.29) is 6.42 Å². The van der Waals surface area contributed by atoms with Gasteiger partial charge in [0, 0.05) is 23.7 Å². The first-order valence-electron chi connectivity index (χ1n) is 5.55. The third-order valence-electron chi connectivity index (χ3n) is 2.59. The normalized spacial score (nSPS) is 15.0. The topological polar surface area (TPSA) is 50.2 Å². The Balaban J connectivity index is 1.79.